The standard InChI is InChI=1S/C15H19ClN2O3/c1-15(13(19)20,11-7-8-11)17-14(21)18(2)9-10-5-3-4-6-12(10)16/h3-6,11H,7-9H2,1-2H3,(H,17,21)(H,19,20). The van der Waals surface area contributed by atoms with Gasteiger partial charge in [-0.2, -0.15) is 0 Å². The zero-order chi connectivity index (χ0) is 15.6. The van der Waals surface area contributed by atoms with Gasteiger partial charge in [0.25, 0.3) is 0 Å². The molecule has 0 spiro atoms. The SMILES string of the molecule is CN(Cc1ccccc1Cl)C(=O)NC(C)(C(=O)O)C1CC1. The lowest BCUT2D eigenvalue weighted by atomic mass is 9.96. The summed E-state index contributed by atoms with van der Waals surface area (Å²) < 4.78 is 0. The van der Waals surface area contributed by atoms with Crippen molar-refractivity contribution < 1.29 is 14.7 Å². The molecule has 1 aliphatic carbocycles. The van der Waals surface area contributed by atoms with Gasteiger partial charge >= 0.3 is 12.0 Å². The van der Waals surface area contributed by atoms with Crippen LogP contribution in [0.3, 0.4) is 0 Å². The third-order valence-electron chi connectivity index (χ3n) is 3.92. The van der Waals surface area contributed by atoms with Crippen molar-refractivity contribution in [3.05, 3.63) is 34.9 Å². The van der Waals surface area contributed by atoms with E-state index in [-0.39, 0.29) is 5.92 Å². The first kappa shape index (κ1) is 15.6. The van der Waals surface area contributed by atoms with Crippen LogP contribution in [-0.4, -0.2) is 34.6 Å². The maximum absolute atomic E-state index is 12.2. The number of urea groups is 1. The largest absolute Gasteiger partial charge is 0.480 e. The lowest BCUT2D eigenvalue weighted by Gasteiger charge is -2.29. The minimum atomic E-state index is -1.20. The summed E-state index contributed by atoms with van der Waals surface area (Å²) in [5, 5.41) is 12.6. The Balaban J connectivity index is 2.02. The van der Waals surface area contributed by atoms with Crippen LogP contribution in [0.25, 0.3) is 0 Å². The molecule has 0 heterocycles. The Kier molecular flexibility index (Phi) is 4.42. The molecule has 0 bridgehead atoms. The first-order valence-electron chi connectivity index (χ1n) is 6.84. The van der Waals surface area contributed by atoms with E-state index in [9.17, 15) is 14.7 Å². The van der Waals surface area contributed by atoms with Crippen LogP contribution in [0.4, 0.5) is 4.79 Å². The molecule has 1 unspecified atom stereocenters. The monoisotopic (exact) mass is 310 g/mol. The Morgan fingerprint density at radius 1 is 1.43 bits per heavy atom. The quantitative estimate of drug-likeness (QED) is 0.878. The number of carbonyl (C=O) groups excluding carboxylic acids is 1. The van der Waals surface area contributed by atoms with Crippen LogP contribution in [0.1, 0.15) is 25.3 Å². The number of carbonyl (C=O) groups is 2. The molecular weight excluding hydrogens is 292 g/mol. The molecule has 1 fully saturated rings. The van der Waals surface area contributed by atoms with Gasteiger partial charge in [-0.3, -0.25) is 0 Å². The minimum Gasteiger partial charge on any atom is -0.480 e. The highest BCUT2D eigenvalue weighted by Crippen LogP contribution is 2.39. The fourth-order valence-corrected chi connectivity index (χ4v) is 2.46. The number of rotatable bonds is 5. The van der Waals surface area contributed by atoms with Crippen LogP contribution in [0.5, 0.6) is 0 Å². The summed E-state index contributed by atoms with van der Waals surface area (Å²) in [5.41, 5.74) is -0.383. The highest BCUT2D eigenvalue weighted by Gasteiger charge is 2.48. The fourth-order valence-electron chi connectivity index (χ4n) is 2.26. The second kappa shape index (κ2) is 5.93. The van der Waals surface area contributed by atoms with Crippen LogP contribution in [0.2, 0.25) is 5.02 Å². The van der Waals surface area contributed by atoms with Gasteiger partial charge in [-0.05, 0) is 37.3 Å². The van der Waals surface area contributed by atoms with Gasteiger partial charge < -0.3 is 15.3 Å². The molecule has 0 radical (unpaired) electrons. The van der Waals surface area contributed by atoms with Crippen molar-refractivity contribution in [3.8, 4) is 0 Å². The number of hydrogen-bond donors (Lipinski definition) is 2. The van der Waals surface area contributed by atoms with E-state index in [1.54, 1.807) is 20.0 Å². The van der Waals surface area contributed by atoms with Crippen molar-refractivity contribution in [1.29, 1.82) is 0 Å². The summed E-state index contributed by atoms with van der Waals surface area (Å²) in [6.07, 6.45) is 1.66. The molecule has 6 heteroatoms. The molecule has 2 amide bonds. The number of carboxylic acids is 1. The average Bonchev–Trinajstić information content (AvgIpc) is 3.25. The lowest BCUT2D eigenvalue weighted by molar-refractivity contribution is -0.144. The van der Waals surface area contributed by atoms with Gasteiger partial charge in [-0.1, -0.05) is 29.8 Å². The molecule has 5 nitrogen and oxygen atoms in total. The number of hydrogen-bond acceptors (Lipinski definition) is 2. The molecule has 1 saturated carbocycles. The van der Waals surface area contributed by atoms with Crippen molar-refractivity contribution in [2.75, 3.05) is 7.05 Å². The maximum atomic E-state index is 12.2. The second-order valence-electron chi connectivity index (χ2n) is 5.66. The van der Waals surface area contributed by atoms with E-state index in [4.69, 9.17) is 11.6 Å². The van der Waals surface area contributed by atoms with E-state index in [2.05, 4.69) is 5.32 Å². The molecule has 0 aliphatic heterocycles. The van der Waals surface area contributed by atoms with Crippen molar-refractivity contribution in [2.24, 2.45) is 5.92 Å². The van der Waals surface area contributed by atoms with Crippen LogP contribution < -0.4 is 5.32 Å². The van der Waals surface area contributed by atoms with E-state index in [1.165, 1.54) is 4.90 Å². The zero-order valence-corrected chi connectivity index (χ0v) is 12.9. The van der Waals surface area contributed by atoms with Gasteiger partial charge in [0, 0.05) is 18.6 Å². The summed E-state index contributed by atoms with van der Waals surface area (Å²) in [4.78, 5) is 25.1. The number of carboxylic acid groups (broad SMARTS) is 1. The first-order chi connectivity index (χ1) is 9.84. The van der Waals surface area contributed by atoms with E-state index < -0.39 is 17.5 Å². The van der Waals surface area contributed by atoms with Gasteiger partial charge in [0.1, 0.15) is 5.54 Å². The van der Waals surface area contributed by atoms with Gasteiger partial charge in [0.15, 0.2) is 0 Å². The predicted molar refractivity (Wildman–Crippen MR) is 80.2 cm³/mol. The Morgan fingerprint density at radius 3 is 2.57 bits per heavy atom. The van der Waals surface area contributed by atoms with Crippen LogP contribution in [0, 0.1) is 5.92 Å². The zero-order valence-electron chi connectivity index (χ0n) is 12.1. The van der Waals surface area contributed by atoms with Crippen LogP contribution in [-0.2, 0) is 11.3 Å². The molecule has 1 aliphatic rings. The molecule has 21 heavy (non-hydrogen) atoms. The lowest BCUT2D eigenvalue weighted by Crippen LogP contribution is -2.56. The second-order valence-corrected chi connectivity index (χ2v) is 6.07. The Bertz CT molecular complexity index is 560. The summed E-state index contributed by atoms with van der Waals surface area (Å²) in [7, 11) is 1.62. The molecule has 2 N–H and O–H groups in total. The number of nitrogens with zero attached hydrogens (tertiary/aromatic N) is 1. The van der Waals surface area contributed by atoms with Gasteiger partial charge in [-0.15, -0.1) is 0 Å². The van der Waals surface area contributed by atoms with E-state index in [0.29, 0.717) is 11.6 Å². The molecule has 2 rings (SSSR count). The Labute approximate surface area is 128 Å². The van der Waals surface area contributed by atoms with Crippen LogP contribution in [0.15, 0.2) is 24.3 Å². The van der Waals surface area contributed by atoms with Gasteiger partial charge in [0.05, 0.1) is 0 Å². The molecule has 1 aromatic rings. The van der Waals surface area contributed by atoms with Gasteiger partial charge in [0.2, 0.25) is 0 Å². The van der Waals surface area contributed by atoms with E-state index in [0.717, 1.165) is 18.4 Å². The van der Waals surface area contributed by atoms with Crippen molar-refractivity contribution in [1.82, 2.24) is 10.2 Å². The van der Waals surface area contributed by atoms with Crippen molar-refractivity contribution in [3.63, 3.8) is 0 Å². The summed E-state index contributed by atoms with van der Waals surface area (Å²) in [6, 6.07) is 6.85. The minimum absolute atomic E-state index is 0.00710. The molecule has 1 atom stereocenters. The Morgan fingerprint density at radius 2 is 2.05 bits per heavy atom. The highest BCUT2D eigenvalue weighted by atomic mass is 35.5. The number of amides is 2. The molecule has 0 aromatic heterocycles. The number of aliphatic carboxylic acids is 1. The maximum Gasteiger partial charge on any atom is 0.329 e. The topological polar surface area (TPSA) is 69.6 Å². The molecular formula is C15H19ClN2O3. The number of halogens is 1. The Hall–Kier alpha value is -1.75. The smallest absolute Gasteiger partial charge is 0.329 e. The van der Waals surface area contributed by atoms with Crippen molar-refractivity contribution >= 4 is 23.6 Å². The predicted octanol–water partition coefficient (Wildman–Crippen LogP) is 2.73. The van der Waals surface area contributed by atoms with Crippen LogP contribution >= 0.6 is 11.6 Å². The normalized spacial score (nSPS) is 16.9. The average molecular weight is 311 g/mol. The molecule has 114 valence electrons. The third-order valence-corrected chi connectivity index (χ3v) is 4.29. The summed E-state index contributed by atoms with van der Waals surface area (Å²) in [5.74, 6) is -0.989. The summed E-state index contributed by atoms with van der Waals surface area (Å²) >= 11 is 6.06. The van der Waals surface area contributed by atoms with E-state index >= 15 is 0 Å². The van der Waals surface area contributed by atoms with Crippen molar-refractivity contribution in [2.45, 2.75) is 31.8 Å². The molecule has 1 aromatic carbocycles. The highest BCUT2D eigenvalue weighted by molar-refractivity contribution is 6.31. The van der Waals surface area contributed by atoms with E-state index in [1.807, 2.05) is 18.2 Å². The fraction of sp³-hybridized carbons (Fsp3) is 0.467. The molecule has 0 saturated heterocycles. The third kappa shape index (κ3) is 3.47. The number of nitrogens with one attached hydrogen (secondary N) is 1. The first-order valence-corrected chi connectivity index (χ1v) is 7.22. The summed E-state index contributed by atoms with van der Waals surface area (Å²) in [6.45, 7) is 1.89. The number of benzene rings is 1. The van der Waals surface area contributed by atoms with Gasteiger partial charge in [-0.25, -0.2) is 9.59 Å².